The van der Waals surface area contributed by atoms with Crippen molar-refractivity contribution in [1.29, 1.82) is 0 Å². The molecule has 0 saturated carbocycles. The van der Waals surface area contributed by atoms with Crippen LogP contribution in [-0.2, 0) is 16.0 Å². The maximum Gasteiger partial charge on any atom is 0.337 e. The van der Waals surface area contributed by atoms with E-state index in [-0.39, 0.29) is 28.7 Å². The number of fused-ring (bicyclic) bond motifs is 1. The van der Waals surface area contributed by atoms with Crippen molar-refractivity contribution in [3.05, 3.63) is 62.5 Å². The van der Waals surface area contributed by atoms with Gasteiger partial charge in [0.05, 0.1) is 46.9 Å². The minimum absolute atomic E-state index is 0.0149. The second kappa shape index (κ2) is 7.72. The zero-order valence-electron chi connectivity index (χ0n) is 15.9. The highest BCUT2D eigenvalue weighted by molar-refractivity contribution is 9.10. The normalized spacial score (nSPS) is 19.0. The summed E-state index contributed by atoms with van der Waals surface area (Å²) < 4.78 is 27.9. The van der Waals surface area contributed by atoms with E-state index in [9.17, 15) is 14.0 Å². The Bertz CT molecular complexity index is 1160. The first-order valence-corrected chi connectivity index (χ1v) is 9.94. The van der Waals surface area contributed by atoms with Crippen molar-refractivity contribution in [2.75, 3.05) is 13.7 Å². The molecule has 0 unspecified atom stereocenters. The zero-order chi connectivity index (χ0) is 20.7. The van der Waals surface area contributed by atoms with Gasteiger partial charge in [0, 0.05) is 18.9 Å². The number of carbonyl (C=O) groups is 1. The van der Waals surface area contributed by atoms with E-state index in [1.54, 1.807) is 18.2 Å². The lowest BCUT2D eigenvalue weighted by atomic mass is 10.1. The van der Waals surface area contributed by atoms with Gasteiger partial charge in [-0.25, -0.2) is 14.2 Å². The summed E-state index contributed by atoms with van der Waals surface area (Å²) in [7, 11) is 1.33. The van der Waals surface area contributed by atoms with Crippen LogP contribution in [0.2, 0.25) is 0 Å². The molecule has 7 nitrogen and oxygen atoms in total. The number of halogens is 2. The van der Waals surface area contributed by atoms with Crippen molar-refractivity contribution in [1.82, 2.24) is 14.1 Å². The fourth-order valence-electron chi connectivity index (χ4n) is 3.73. The van der Waals surface area contributed by atoms with Gasteiger partial charge in [0.15, 0.2) is 5.82 Å². The molecule has 1 aromatic carbocycles. The molecule has 0 amide bonds. The Hall–Kier alpha value is -2.52. The monoisotopic (exact) mass is 463 g/mol. The van der Waals surface area contributed by atoms with E-state index in [0.29, 0.717) is 23.5 Å². The lowest BCUT2D eigenvalue weighted by Crippen LogP contribution is -2.25. The van der Waals surface area contributed by atoms with Crippen molar-refractivity contribution in [2.45, 2.75) is 32.0 Å². The molecule has 2 atom stereocenters. The number of rotatable bonds is 4. The van der Waals surface area contributed by atoms with Gasteiger partial charge in [-0.3, -0.25) is 4.79 Å². The summed E-state index contributed by atoms with van der Waals surface area (Å²) in [6.07, 6.45) is 1.86. The third-order valence-corrected chi connectivity index (χ3v) is 5.80. The quantitative estimate of drug-likeness (QED) is 0.555. The summed E-state index contributed by atoms with van der Waals surface area (Å²) in [5, 5.41) is 0. The summed E-state index contributed by atoms with van der Waals surface area (Å²) >= 11 is 3.03. The Kier molecular flexibility index (Phi) is 5.26. The lowest BCUT2D eigenvalue weighted by molar-refractivity contribution is 0.0601. The number of nitrogens with zero attached hydrogens (tertiary/aromatic N) is 3. The third-order valence-electron chi connectivity index (χ3n) is 5.19. The maximum absolute atomic E-state index is 14.0. The zero-order valence-corrected chi connectivity index (χ0v) is 17.5. The summed E-state index contributed by atoms with van der Waals surface area (Å²) in [6, 6.07) is 6.30. The Morgan fingerprint density at radius 2 is 2.21 bits per heavy atom. The molecule has 29 heavy (non-hydrogen) atoms. The van der Waals surface area contributed by atoms with Crippen LogP contribution in [0.25, 0.3) is 11.0 Å². The molecule has 0 aliphatic carbocycles. The Morgan fingerprint density at radius 3 is 2.90 bits per heavy atom. The number of methoxy groups -OCH3 is 1. The molecule has 1 aliphatic heterocycles. The molecule has 1 aliphatic rings. The molecule has 0 bridgehead atoms. The van der Waals surface area contributed by atoms with Crippen molar-refractivity contribution in [3.8, 4) is 0 Å². The highest BCUT2D eigenvalue weighted by Crippen LogP contribution is 2.32. The van der Waals surface area contributed by atoms with E-state index in [1.165, 1.54) is 17.7 Å². The summed E-state index contributed by atoms with van der Waals surface area (Å²) in [5.74, 6) is -0.380. The van der Waals surface area contributed by atoms with Crippen molar-refractivity contribution < 1.29 is 18.7 Å². The summed E-state index contributed by atoms with van der Waals surface area (Å²) in [4.78, 5) is 29.0. The van der Waals surface area contributed by atoms with Gasteiger partial charge >= 0.3 is 5.97 Å². The predicted molar refractivity (Wildman–Crippen MR) is 108 cm³/mol. The topological polar surface area (TPSA) is 75.4 Å². The molecule has 2 aromatic heterocycles. The van der Waals surface area contributed by atoms with Crippen molar-refractivity contribution >= 4 is 32.9 Å². The molecular weight excluding hydrogens is 445 g/mol. The number of ether oxygens (including phenoxy) is 2. The van der Waals surface area contributed by atoms with Crippen molar-refractivity contribution in [2.24, 2.45) is 0 Å². The number of esters is 1. The largest absolute Gasteiger partial charge is 0.465 e. The van der Waals surface area contributed by atoms with Crippen LogP contribution in [0, 0.1) is 5.82 Å². The molecule has 9 heteroatoms. The summed E-state index contributed by atoms with van der Waals surface area (Å²) in [5.41, 5.74) is 1.49. The van der Waals surface area contributed by atoms with E-state index < -0.39 is 11.8 Å². The van der Waals surface area contributed by atoms with E-state index >= 15 is 0 Å². The predicted octanol–water partition coefficient (Wildman–Crippen LogP) is 3.28. The Morgan fingerprint density at radius 1 is 1.41 bits per heavy atom. The number of pyridine rings is 1. The van der Waals surface area contributed by atoms with Gasteiger partial charge in [0.2, 0.25) is 0 Å². The highest BCUT2D eigenvalue weighted by Gasteiger charge is 2.30. The van der Waals surface area contributed by atoms with Gasteiger partial charge in [-0.2, -0.15) is 0 Å². The van der Waals surface area contributed by atoms with Gasteiger partial charge in [-0.1, -0.05) is 0 Å². The van der Waals surface area contributed by atoms with Gasteiger partial charge in [-0.05, 0) is 47.5 Å². The van der Waals surface area contributed by atoms with Gasteiger partial charge in [0.25, 0.3) is 5.56 Å². The first-order chi connectivity index (χ1) is 13.9. The lowest BCUT2D eigenvalue weighted by Gasteiger charge is -2.20. The first-order valence-electron chi connectivity index (χ1n) is 9.15. The minimum atomic E-state index is -0.530. The first kappa shape index (κ1) is 19.8. The molecule has 4 rings (SSSR count). The Balaban J connectivity index is 1.87. The molecule has 1 saturated heterocycles. The molecule has 0 N–H and O–H groups in total. The van der Waals surface area contributed by atoms with Crippen LogP contribution < -0.4 is 5.56 Å². The van der Waals surface area contributed by atoms with Gasteiger partial charge in [-0.15, -0.1) is 0 Å². The van der Waals surface area contributed by atoms with E-state index in [4.69, 9.17) is 9.47 Å². The molecule has 152 valence electrons. The number of imidazole rings is 1. The Labute approximate surface area is 174 Å². The molecule has 1 fully saturated rings. The SMILES string of the molecule is COC(=O)c1ccc2nc(Cn3cc(F)c(Br)cc3=O)n([C@H]3CCO[C@H]3C)c2c1. The van der Waals surface area contributed by atoms with Crippen LogP contribution in [0.3, 0.4) is 0 Å². The van der Waals surface area contributed by atoms with Crippen LogP contribution in [0.15, 0.2) is 39.7 Å². The fourth-order valence-corrected chi connectivity index (χ4v) is 4.03. The van der Waals surface area contributed by atoms with Gasteiger partial charge in [0.1, 0.15) is 5.82 Å². The van der Waals surface area contributed by atoms with E-state index in [1.807, 2.05) is 11.5 Å². The molecule has 3 heterocycles. The molecule has 0 spiro atoms. The van der Waals surface area contributed by atoms with Crippen LogP contribution in [0.4, 0.5) is 4.39 Å². The number of benzene rings is 1. The minimum Gasteiger partial charge on any atom is -0.465 e. The fraction of sp³-hybridized carbons (Fsp3) is 0.350. The second-order valence-electron chi connectivity index (χ2n) is 6.96. The summed E-state index contributed by atoms with van der Waals surface area (Å²) in [6.45, 7) is 2.67. The number of hydrogen-bond donors (Lipinski definition) is 0. The molecule has 0 radical (unpaired) electrons. The highest BCUT2D eigenvalue weighted by atomic mass is 79.9. The molecular formula is C20H19BrFN3O4. The maximum atomic E-state index is 14.0. The van der Waals surface area contributed by atoms with Crippen LogP contribution in [0.5, 0.6) is 0 Å². The van der Waals surface area contributed by atoms with E-state index in [2.05, 4.69) is 20.9 Å². The smallest absolute Gasteiger partial charge is 0.337 e. The number of aromatic nitrogens is 3. The van der Waals surface area contributed by atoms with Crippen molar-refractivity contribution in [3.63, 3.8) is 0 Å². The van der Waals surface area contributed by atoms with Crippen LogP contribution in [0.1, 0.15) is 35.6 Å². The molecule has 3 aromatic rings. The van der Waals surface area contributed by atoms with Gasteiger partial charge < -0.3 is 18.6 Å². The van der Waals surface area contributed by atoms with Crippen LogP contribution >= 0.6 is 15.9 Å². The third kappa shape index (κ3) is 3.60. The average molecular weight is 464 g/mol. The number of carbonyl (C=O) groups excluding carboxylic acids is 1. The standard InChI is InChI=1S/C20H19BrFN3O4/c1-11-16(5-6-29-11)25-17-7-12(20(27)28-2)3-4-15(17)23-18(25)10-24-9-14(22)13(21)8-19(24)26/h3-4,7-9,11,16H,5-6,10H2,1-2H3/t11-,16-/m0/s1. The average Bonchev–Trinajstić information content (AvgIpc) is 3.27. The number of hydrogen-bond acceptors (Lipinski definition) is 5. The second-order valence-corrected chi connectivity index (χ2v) is 7.81. The van der Waals surface area contributed by atoms with Crippen LogP contribution in [-0.4, -0.2) is 39.9 Å². The van der Waals surface area contributed by atoms with E-state index in [0.717, 1.165) is 18.1 Å².